The quantitative estimate of drug-likeness (QED) is 0.873. The number of likely N-dealkylation sites (tertiary alicyclic amines) is 1. The number of hydrogen-bond acceptors (Lipinski definition) is 3. The maximum absolute atomic E-state index is 6.04. The van der Waals surface area contributed by atoms with Crippen molar-refractivity contribution in [1.29, 1.82) is 0 Å². The molecular formula is C18H31N3. The largest absolute Gasteiger partial charge is 0.330 e. The smallest absolute Gasteiger partial charge is 0.0227 e. The molecule has 2 unspecified atom stereocenters. The maximum Gasteiger partial charge on any atom is 0.0227 e. The van der Waals surface area contributed by atoms with E-state index in [-0.39, 0.29) is 0 Å². The first-order valence-corrected chi connectivity index (χ1v) is 8.24. The summed E-state index contributed by atoms with van der Waals surface area (Å²) in [6.07, 6.45) is 2.71. The van der Waals surface area contributed by atoms with Crippen LogP contribution in [0.2, 0.25) is 0 Å². The molecule has 3 heteroatoms. The molecule has 2 N–H and O–H groups in total. The molecule has 3 nitrogen and oxygen atoms in total. The van der Waals surface area contributed by atoms with Gasteiger partial charge in [-0.05, 0) is 50.5 Å². The molecule has 2 rings (SSSR count). The average Bonchev–Trinajstić information content (AvgIpc) is 2.45. The van der Waals surface area contributed by atoms with Gasteiger partial charge in [-0.3, -0.25) is 0 Å². The number of nitrogens with zero attached hydrogens (tertiary/aromatic N) is 2. The van der Waals surface area contributed by atoms with E-state index in [9.17, 15) is 0 Å². The molecule has 0 aromatic heterocycles. The van der Waals surface area contributed by atoms with Crippen LogP contribution in [-0.2, 0) is 6.54 Å². The van der Waals surface area contributed by atoms with Crippen molar-refractivity contribution < 1.29 is 0 Å². The summed E-state index contributed by atoms with van der Waals surface area (Å²) >= 11 is 0. The first-order valence-electron chi connectivity index (χ1n) is 8.24. The van der Waals surface area contributed by atoms with E-state index in [1.54, 1.807) is 0 Å². The summed E-state index contributed by atoms with van der Waals surface area (Å²) in [6.45, 7) is 7.66. The second-order valence-corrected chi connectivity index (χ2v) is 6.92. The van der Waals surface area contributed by atoms with Gasteiger partial charge in [0, 0.05) is 32.1 Å². The summed E-state index contributed by atoms with van der Waals surface area (Å²) in [5, 5.41) is 0. The topological polar surface area (TPSA) is 32.5 Å². The van der Waals surface area contributed by atoms with E-state index in [1.807, 2.05) is 0 Å². The van der Waals surface area contributed by atoms with Crippen LogP contribution in [0, 0.1) is 5.92 Å². The Balaban J connectivity index is 1.96. The molecule has 1 fully saturated rings. The molecule has 21 heavy (non-hydrogen) atoms. The lowest BCUT2D eigenvalue weighted by Gasteiger charge is -2.33. The number of rotatable bonds is 6. The molecule has 0 bridgehead atoms. The van der Waals surface area contributed by atoms with Gasteiger partial charge in [-0.1, -0.05) is 31.2 Å². The lowest BCUT2D eigenvalue weighted by atomic mass is 9.94. The molecular weight excluding hydrogens is 258 g/mol. The third-order valence-electron chi connectivity index (χ3n) is 4.45. The Bertz CT molecular complexity index is 413. The lowest BCUT2D eigenvalue weighted by Crippen LogP contribution is -2.38. The van der Waals surface area contributed by atoms with Crippen molar-refractivity contribution in [2.75, 3.05) is 40.3 Å². The lowest BCUT2D eigenvalue weighted by molar-refractivity contribution is 0.175. The second-order valence-electron chi connectivity index (χ2n) is 6.92. The van der Waals surface area contributed by atoms with Gasteiger partial charge in [0.25, 0.3) is 0 Å². The summed E-state index contributed by atoms with van der Waals surface area (Å²) in [5.74, 6) is 1.29. The minimum atomic E-state index is 0.462. The van der Waals surface area contributed by atoms with Gasteiger partial charge < -0.3 is 15.5 Å². The third-order valence-corrected chi connectivity index (χ3v) is 4.45. The van der Waals surface area contributed by atoms with Gasteiger partial charge in [0.1, 0.15) is 0 Å². The zero-order valence-corrected chi connectivity index (χ0v) is 13.9. The molecule has 0 spiro atoms. The van der Waals surface area contributed by atoms with E-state index in [0.29, 0.717) is 5.92 Å². The van der Waals surface area contributed by atoms with Crippen LogP contribution in [0.5, 0.6) is 0 Å². The molecule has 2 atom stereocenters. The number of nitrogens with two attached hydrogens (primary N) is 1. The van der Waals surface area contributed by atoms with Crippen LogP contribution in [0.3, 0.4) is 0 Å². The van der Waals surface area contributed by atoms with Gasteiger partial charge in [-0.25, -0.2) is 0 Å². The van der Waals surface area contributed by atoms with Gasteiger partial charge in [-0.15, -0.1) is 0 Å². The fraction of sp³-hybridized carbons (Fsp3) is 0.667. The Hall–Kier alpha value is -0.900. The van der Waals surface area contributed by atoms with Crippen LogP contribution in [0.1, 0.15) is 36.8 Å². The zero-order valence-electron chi connectivity index (χ0n) is 13.9. The van der Waals surface area contributed by atoms with Gasteiger partial charge in [0.05, 0.1) is 0 Å². The van der Waals surface area contributed by atoms with Crippen LogP contribution in [0.15, 0.2) is 24.3 Å². The fourth-order valence-corrected chi connectivity index (χ4v) is 3.34. The minimum Gasteiger partial charge on any atom is -0.330 e. The highest BCUT2D eigenvalue weighted by Crippen LogP contribution is 2.21. The zero-order chi connectivity index (χ0) is 15.2. The number of benzene rings is 1. The van der Waals surface area contributed by atoms with Gasteiger partial charge in [0.2, 0.25) is 0 Å². The summed E-state index contributed by atoms with van der Waals surface area (Å²) in [5.41, 5.74) is 8.79. The Morgan fingerprint density at radius 3 is 2.57 bits per heavy atom. The normalized spacial score (nSPS) is 21.7. The predicted molar refractivity (Wildman–Crippen MR) is 90.5 cm³/mol. The SMILES string of the molecule is CC1CCCN(CC(CN)c2ccc(CN(C)C)cc2)C1. The van der Waals surface area contributed by atoms with Crippen molar-refractivity contribution in [3.63, 3.8) is 0 Å². The molecule has 1 aromatic rings. The third kappa shape index (κ3) is 5.10. The monoisotopic (exact) mass is 289 g/mol. The van der Waals surface area contributed by atoms with Gasteiger partial charge >= 0.3 is 0 Å². The number of piperidine rings is 1. The van der Waals surface area contributed by atoms with E-state index < -0.39 is 0 Å². The van der Waals surface area contributed by atoms with E-state index in [2.05, 4.69) is 55.1 Å². The molecule has 0 amide bonds. The highest BCUT2D eigenvalue weighted by Gasteiger charge is 2.20. The van der Waals surface area contributed by atoms with Crippen molar-refractivity contribution in [3.05, 3.63) is 35.4 Å². The first kappa shape index (κ1) is 16.5. The van der Waals surface area contributed by atoms with Crippen LogP contribution >= 0.6 is 0 Å². The summed E-state index contributed by atoms with van der Waals surface area (Å²) in [6, 6.07) is 9.03. The average molecular weight is 289 g/mol. The molecule has 0 saturated carbocycles. The van der Waals surface area contributed by atoms with E-state index in [0.717, 1.165) is 25.6 Å². The maximum atomic E-state index is 6.04. The van der Waals surface area contributed by atoms with Crippen molar-refractivity contribution in [3.8, 4) is 0 Å². The van der Waals surface area contributed by atoms with Crippen molar-refractivity contribution in [2.24, 2.45) is 11.7 Å². The Morgan fingerprint density at radius 2 is 2.00 bits per heavy atom. The summed E-state index contributed by atoms with van der Waals surface area (Å²) in [4.78, 5) is 4.80. The summed E-state index contributed by atoms with van der Waals surface area (Å²) in [7, 11) is 4.21. The van der Waals surface area contributed by atoms with Crippen LogP contribution < -0.4 is 5.73 Å². The fourth-order valence-electron chi connectivity index (χ4n) is 3.34. The standard InChI is InChI=1S/C18H31N3/c1-15-5-4-10-21(12-15)14-18(11-19)17-8-6-16(7-9-17)13-20(2)3/h6-9,15,18H,4-5,10-14,19H2,1-3H3. The molecule has 0 aliphatic carbocycles. The second kappa shape index (κ2) is 7.92. The minimum absolute atomic E-state index is 0.462. The molecule has 118 valence electrons. The van der Waals surface area contributed by atoms with Crippen LogP contribution in [0.4, 0.5) is 0 Å². The van der Waals surface area contributed by atoms with Crippen LogP contribution in [0.25, 0.3) is 0 Å². The number of hydrogen-bond donors (Lipinski definition) is 1. The van der Waals surface area contributed by atoms with Crippen molar-refractivity contribution in [1.82, 2.24) is 9.80 Å². The van der Waals surface area contributed by atoms with E-state index >= 15 is 0 Å². The molecule has 1 saturated heterocycles. The van der Waals surface area contributed by atoms with E-state index in [1.165, 1.54) is 37.1 Å². The molecule has 1 aromatic carbocycles. The Morgan fingerprint density at radius 1 is 1.29 bits per heavy atom. The summed E-state index contributed by atoms with van der Waals surface area (Å²) < 4.78 is 0. The van der Waals surface area contributed by atoms with Crippen molar-refractivity contribution >= 4 is 0 Å². The Kier molecular flexibility index (Phi) is 6.22. The molecule has 1 heterocycles. The van der Waals surface area contributed by atoms with Gasteiger partial charge in [0.15, 0.2) is 0 Å². The van der Waals surface area contributed by atoms with Gasteiger partial charge in [-0.2, -0.15) is 0 Å². The molecule has 1 aliphatic heterocycles. The first-order chi connectivity index (χ1) is 10.1. The molecule has 0 radical (unpaired) electrons. The van der Waals surface area contributed by atoms with Crippen LogP contribution in [-0.4, -0.2) is 50.1 Å². The highest BCUT2D eigenvalue weighted by atomic mass is 15.1. The Labute approximate surface area is 130 Å². The van der Waals surface area contributed by atoms with E-state index in [4.69, 9.17) is 5.73 Å². The molecule has 1 aliphatic rings. The van der Waals surface area contributed by atoms with Crippen molar-refractivity contribution in [2.45, 2.75) is 32.2 Å². The predicted octanol–water partition coefficient (Wildman–Crippen LogP) is 2.52. The highest BCUT2D eigenvalue weighted by molar-refractivity contribution is 5.26.